The Balaban J connectivity index is 0.00000242. The molecule has 1 unspecified atom stereocenters. The van der Waals surface area contributed by atoms with Crippen LogP contribution in [0.5, 0.6) is 0 Å². The second-order valence-electron chi connectivity index (χ2n) is 5.44. The van der Waals surface area contributed by atoms with Crippen LogP contribution in [-0.2, 0) is 21.1 Å². The first-order chi connectivity index (χ1) is 10.1. The van der Waals surface area contributed by atoms with Crippen molar-refractivity contribution < 1.29 is 13.2 Å². The van der Waals surface area contributed by atoms with E-state index in [4.69, 9.17) is 0 Å². The molecule has 1 aliphatic rings. The summed E-state index contributed by atoms with van der Waals surface area (Å²) in [4.78, 5) is 11.7. The maximum atomic E-state index is 11.9. The van der Waals surface area contributed by atoms with Gasteiger partial charge in [0.05, 0.1) is 5.75 Å². The van der Waals surface area contributed by atoms with Crippen LogP contribution in [0.2, 0.25) is 0 Å². The van der Waals surface area contributed by atoms with Crippen molar-refractivity contribution >= 4 is 28.2 Å². The zero-order valence-electron chi connectivity index (χ0n) is 12.5. The first-order valence-electron chi connectivity index (χ1n) is 7.29. The van der Waals surface area contributed by atoms with Crippen molar-refractivity contribution in [1.29, 1.82) is 0 Å². The van der Waals surface area contributed by atoms with E-state index in [2.05, 4.69) is 10.6 Å². The highest BCUT2D eigenvalue weighted by atomic mass is 35.5. The molecule has 0 aliphatic carbocycles. The molecule has 0 radical (unpaired) electrons. The predicted molar refractivity (Wildman–Crippen MR) is 90.1 cm³/mol. The van der Waals surface area contributed by atoms with Gasteiger partial charge in [0.2, 0.25) is 5.91 Å². The van der Waals surface area contributed by atoms with Gasteiger partial charge in [0.15, 0.2) is 9.84 Å². The van der Waals surface area contributed by atoms with E-state index < -0.39 is 15.6 Å². The number of halogens is 1. The topological polar surface area (TPSA) is 75.3 Å². The summed E-state index contributed by atoms with van der Waals surface area (Å²) in [5, 5.41) is 5.89. The van der Waals surface area contributed by atoms with Crippen LogP contribution >= 0.6 is 12.4 Å². The summed E-state index contributed by atoms with van der Waals surface area (Å²) in [5.41, 5.74) is 1.12. The molecule has 5 nitrogen and oxygen atoms in total. The fourth-order valence-corrected chi connectivity index (χ4v) is 3.67. The number of carbonyl (C=O) groups is 1. The van der Waals surface area contributed by atoms with Crippen molar-refractivity contribution in [1.82, 2.24) is 10.6 Å². The monoisotopic (exact) mass is 346 g/mol. The van der Waals surface area contributed by atoms with E-state index in [-0.39, 0.29) is 30.1 Å². The second-order valence-corrected chi connectivity index (χ2v) is 7.62. The van der Waals surface area contributed by atoms with Gasteiger partial charge in [0.25, 0.3) is 0 Å². The highest BCUT2D eigenvalue weighted by Crippen LogP contribution is 2.05. The van der Waals surface area contributed by atoms with Crippen LogP contribution in [0.25, 0.3) is 0 Å². The zero-order valence-corrected chi connectivity index (χ0v) is 14.1. The Kier molecular flexibility index (Phi) is 7.85. The lowest BCUT2D eigenvalue weighted by molar-refractivity contribution is -0.119. The van der Waals surface area contributed by atoms with E-state index in [0.29, 0.717) is 12.8 Å². The number of carbonyl (C=O) groups excluding carboxylic acids is 1. The molecular weight excluding hydrogens is 324 g/mol. The number of benzene rings is 1. The van der Waals surface area contributed by atoms with Gasteiger partial charge in [-0.3, -0.25) is 4.79 Å². The summed E-state index contributed by atoms with van der Waals surface area (Å²) in [6.45, 7) is 1.59. The van der Waals surface area contributed by atoms with Gasteiger partial charge in [-0.15, -0.1) is 12.4 Å². The molecule has 0 bridgehead atoms. The highest BCUT2D eigenvalue weighted by Gasteiger charge is 2.21. The van der Waals surface area contributed by atoms with Gasteiger partial charge < -0.3 is 10.6 Å². The van der Waals surface area contributed by atoms with Crippen LogP contribution in [0.3, 0.4) is 0 Å². The summed E-state index contributed by atoms with van der Waals surface area (Å²) in [6, 6.07) is 9.83. The number of hydrogen-bond acceptors (Lipinski definition) is 4. The smallest absolute Gasteiger partial charge is 0.235 e. The van der Waals surface area contributed by atoms with E-state index >= 15 is 0 Å². The van der Waals surface area contributed by atoms with Gasteiger partial charge in [0, 0.05) is 12.6 Å². The average Bonchev–Trinajstić information content (AvgIpc) is 2.91. The van der Waals surface area contributed by atoms with Crippen LogP contribution in [0.15, 0.2) is 30.3 Å². The van der Waals surface area contributed by atoms with Crippen molar-refractivity contribution in [3.8, 4) is 0 Å². The molecule has 1 atom stereocenters. The third-order valence-corrected chi connectivity index (χ3v) is 5.15. The van der Waals surface area contributed by atoms with Crippen molar-refractivity contribution in [2.75, 3.05) is 24.6 Å². The minimum absolute atomic E-state index is 0. The molecule has 1 fully saturated rings. The molecule has 1 aromatic carbocycles. The molecule has 1 aromatic rings. The standard InChI is InChI=1S/C15H22N2O3S.ClH/c18-15(17-14-8-9-16-11-14)12-21(19,20)10-4-7-13-5-2-1-3-6-13;/h1-3,5-6,14,16H,4,7-12H2,(H,17,18);1H. The molecule has 0 spiro atoms. The Labute approximate surface area is 138 Å². The average molecular weight is 347 g/mol. The third kappa shape index (κ3) is 6.77. The number of sulfone groups is 1. The lowest BCUT2D eigenvalue weighted by Crippen LogP contribution is -2.40. The summed E-state index contributed by atoms with van der Waals surface area (Å²) in [5.74, 6) is -0.736. The minimum Gasteiger partial charge on any atom is -0.351 e. The van der Waals surface area contributed by atoms with Gasteiger partial charge in [-0.25, -0.2) is 8.42 Å². The molecule has 2 N–H and O–H groups in total. The summed E-state index contributed by atoms with van der Waals surface area (Å²) < 4.78 is 23.9. The fourth-order valence-electron chi connectivity index (χ4n) is 2.46. The third-order valence-electron chi connectivity index (χ3n) is 3.54. The molecule has 22 heavy (non-hydrogen) atoms. The molecule has 0 aromatic heterocycles. The highest BCUT2D eigenvalue weighted by molar-refractivity contribution is 7.92. The molecule has 2 rings (SSSR count). The van der Waals surface area contributed by atoms with Crippen molar-refractivity contribution in [3.05, 3.63) is 35.9 Å². The normalized spacial score (nSPS) is 17.7. The van der Waals surface area contributed by atoms with Gasteiger partial charge in [-0.2, -0.15) is 0 Å². The van der Waals surface area contributed by atoms with Crippen molar-refractivity contribution in [2.24, 2.45) is 0 Å². The SMILES string of the molecule is Cl.O=C(CS(=O)(=O)CCCc1ccccc1)NC1CCNC1. The molecule has 124 valence electrons. The van der Waals surface area contributed by atoms with E-state index in [1.807, 2.05) is 30.3 Å². The Morgan fingerprint density at radius 3 is 2.64 bits per heavy atom. The maximum Gasteiger partial charge on any atom is 0.235 e. The Bertz CT molecular complexity index is 557. The Morgan fingerprint density at radius 2 is 2.00 bits per heavy atom. The predicted octanol–water partition coefficient (Wildman–Crippen LogP) is 0.934. The number of hydrogen-bond donors (Lipinski definition) is 2. The van der Waals surface area contributed by atoms with E-state index in [9.17, 15) is 13.2 Å². The molecule has 1 aliphatic heterocycles. The number of aryl methyl sites for hydroxylation is 1. The van der Waals surface area contributed by atoms with Crippen molar-refractivity contribution in [2.45, 2.75) is 25.3 Å². The van der Waals surface area contributed by atoms with Crippen molar-refractivity contribution in [3.63, 3.8) is 0 Å². The van der Waals surface area contributed by atoms with Crippen LogP contribution in [-0.4, -0.2) is 45.0 Å². The van der Waals surface area contributed by atoms with Crippen LogP contribution in [0.4, 0.5) is 0 Å². The van der Waals surface area contributed by atoms with Crippen LogP contribution < -0.4 is 10.6 Å². The van der Waals surface area contributed by atoms with Gasteiger partial charge in [-0.1, -0.05) is 30.3 Å². The first kappa shape index (κ1) is 18.9. The van der Waals surface area contributed by atoms with E-state index in [0.717, 1.165) is 25.1 Å². The lowest BCUT2D eigenvalue weighted by atomic mass is 10.1. The van der Waals surface area contributed by atoms with Crippen LogP contribution in [0.1, 0.15) is 18.4 Å². The zero-order chi connectivity index (χ0) is 15.1. The number of amides is 1. The quantitative estimate of drug-likeness (QED) is 0.770. The summed E-state index contributed by atoms with van der Waals surface area (Å²) in [7, 11) is -3.33. The van der Waals surface area contributed by atoms with E-state index in [1.54, 1.807) is 0 Å². The second kappa shape index (κ2) is 9.12. The lowest BCUT2D eigenvalue weighted by Gasteiger charge is -2.11. The molecule has 1 heterocycles. The molecule has 7 heteroatoms. The molecule has 1 amide bonds. The van der Waals surface area contributed by atoms with Gasteiger partial charge >= 0.3 is 0 Å². The number of nitrogens with one attached hydrogen (secondary N) is 2. The maximum absolute atomic E-state index is 11.9. The number of rotatable bonds is 7. The Hall–Kier alpha value is -1.11. The summed E-state index contributed by atoms with van der Waals surface area (Å²) >= 11 is 0. The first-order valence-corrected chi connectivity index (χ1v) is 9.12. The van der Waals surface area contributed by atoms with Gasteiger partial charge in [0.1, 0.15) is 5.75 Å². The minimum atomic E-state index is -3.33. The molecular formula is C15H23ClN2O3S. The Morgan fingerprint density at radius 1 is 1.27 bits per heavy atom. The van der Waals surface area contributed by atoms with Gasteiger partial charge in [-0.05, 0) is 31.4 Å². The summed E-state index contributed by atoms with van der Waals surface area (Å²) in [6.07, 6.45) is 2.12. The molecule has 0 saturated carbocycles. The van der Waals surface area contributed by atoms with Crippen LogP contribution in [0, 0.1) is 0 Å². The molecule has 1 saturated heterocycles. The fraction of sp³-hybridized carbons (Fsp3) is 0.533. The largest absolute Gasteiger partial charge is 0.351 e. The van der Waals surface area contributed by atoms with E-state index in [1.165, 1.54) is 0 Å².